The summed E-state index contributed by atoms with van der Waals surface area (Å²) >= 11 is 0. The van der Waals surface area contributed by atoms with Gasteiger partial charge < -0.3 is 10.1 Å². The van der Waals surface area contributed by atoms with E-state index in [0.717, 1.165) is 11.8 Å². The number of pyridine rings is 1. The first-order valence-electron chi connectivity index (χ1n) is 10.0. The van der Waals surface area contributed by atoms with Crippen LogP contribution in [0.15, 0.2) is 47.6 Å². The van der Waals surface area contributed by atoms with E-state index in [-0.39, 0.29) is 22.5 Å². The van der Waals surface area contributed by atoms with E-state index < -0.39 is 10.0 Å². The van der Waals surface area contributed by atoms with E-state index in [2.05, 4.69) is 20.6 Å². The van der Waals surface area contributed by atoms with Crippen molar-refractivity contribution in [3.8, 4) is 0 Å². The molecular weight excluding hydrogens is 420 g/mol. The van der Waals surface area contributed by atoms with Crippen LogP contribution < -0.4 is 5.32 Å². The Morgan fingerprint density at radius 3 is 2.97 bits per heavy atom. The van der Waals surface area contributed by atoms with E-state index in [0.29, 0.717) is 38.2 Å². The van der Waals surface area contributed by atoms with E-state index in [1.165, 1.54) is 15.2 Å². The predicted molar refractivity (Wildman–Crippen MR) is 113 cm³/mol. The average molecular weight is 445 g/mol. The van der Waals surface area contributed by atoms with E-state index in [9.17, 15) is 13.2 Å². The molecule has 0 saturated carbocycles. The van der Waals surface area contributed by atoms with Crippen LogP contribution in [0, 0.1) is 0 Å². The maximum atomic E-state index is 13.5. The molecule has 1 fully saturated rings. The number of nitrogens with zero attached hydrogens (tertiary/aromatic N) is 5. The molecule has 2 aromatic heterocycles. The van der Waals surface area contributed by atoms with Gasteiger partial charge in [-0.25, -0.2) is 8.42 Å². The van der Waals surface area contributed by atoms with Crippen LogP contribution in [0.5, 0.6) is 0 Å². The fourth-order valence-electron chi connectivity index (χ4n) is 3.78. The minimum absolute atomic E-state index is 0.182. The second-order valence-electron chi connectivity index (χ2n) is 7.32. The molecular formula is C20H24N6O4S. The quantitative estimate of drug-likeness (QED) is 0.516. The van der Waals surface area contributed by atoms with Gasteiger partial charge in [-0.1, -0.05) is 23.4 Å². The van der Waals surface area contributed by atoms with Gasteiger partial charge >= 0.3 is 0 Å². The number of hydrogen-bond donors (Lipinski definition) is 1. The molecule has 1 saturated heterocycles. The molecule has 3 heterocycles. The molecule has 0 radical (unpaired) electrons. The van der Waals surface area contributed by atoms with Crippen molar-refractivity contribution in [2.45, 2.75) is 30.3 Å². The normalized spacial score (nSPS) is 17.3. The fraction of sp³-hybridized carbons (Fsp3) is 0.400. The van der Waals surface area contributed by atoms with Gasteiger partial charge in [0.2, 0.25) is 10.0 Å². The SMILES string of the molecule is COCCNC(=O)c1cn(C[C@@H]2CCCN2S(=O)(=O)c2cccc3cccnc23)nn1. The summed E-state index contributed by atoms with van der Waals surface area (Å²) in [5, 5.41) is 11.4. The third kappa shape index (κ3) is 4.43. The molecule has 1 aromatic carbocycles. The van der Waals surface area contributed by atoms with Crippen molar-refractivity contribution in [1.29, 1.82) is 0 Å². The molecule has 1 N–H and O–H groups in total. The third-order valence-corrected chi connectivity index (χ3v) is 7.25. The van der Waals surface area contributed by atoms with Crippen molar-refractivity contribution in [2.75, 3.05) is 26.8 Å². The van der Waals surface area contributed by atoms with Crippen LogP contribution in [-0.4, -0.2) is 71.5 Å². The number of nitrogens with one attached hydrogen (secondary N) is 1. The van der Waals surface area contributed by atoms with Gasteiger partial charge in [-0.3, -0.25) is 14.5 Å². The van der Waals surface area contributed by atoms with E-state index >= 15 is 0 Å². The Balaban J connectivity index is 1.52. The Hall–Kier alpha value is -2.89. The lowest BCUT2D eigenvalue weighted by Crippen LogP contribution is -2.38. The highest BCUT2D eigenvalue weighted by molar-refractivity contribution is 7.89. The molecule has 1 atom stereocenters. The molecule has 0 bridgehead atoms. The zero-order valence-corrected chi connectivity index (χ0v) is 18.0. The van der Waals surface area contributed by atoms with Crippen molar-refractivity contribution in [2.24, 2.45) is 0 Å². The van der Waals surface area contributed by atoms with Gasteiger partial charge in [-0.15, -0.1) is 5.10 Å². The van der Waals surface area contributed by atoms with Crippen molar-refractivity contribution < 1.29 is 17.9 Å². The number of methoxy groups -OCH3 is 1. The number of aromatic nitrogens is 4. The van der Waals surface area contributed by atoms with E-state index in [1.54, 1.807) is 31.5 Å². The van der Waals surface area contributed by atoms with Crippen LogP contribution in [0.1, 0.15) is 23.3 Å². The summed E-state index contributed by atoms with van der Waals surface area (Å²) < 4.78 is 34.9. The highest BCUT2D eigenvalue weighted by atomic mass is 32.2. The summed E-state index contributed by atoms with van der Waals surface area (Å²) in [6.07, 6.45) is 4.58. The topological polar surface area (TPSA) is 119 Å². The molecule has 10 nitrogen and oxygen atoms in total. The largest absolute Gasteiger partial charge is 0.383 e. The first-order valence-corrected chi connectivity index (χ1v) is 11.5. The molecule has 1 aliphatic rings. The Kier molecular flexibility index (Phi) is 6.25. The first-order chi connectivity index (χ1) is 15.0. The van der Waals surface area contributed by atoms with Gasteiger partial charge in [0.05, 0.1) is 24.9 Å². The van der Waals surface area contributed by atoms with E-state index in [1.807, 2.05) is 12.1 Å². The Morgan fingerprint density at radius 1 is 1.29 bits per heavy atom. The third-order valence-electron chi connectivity index (χ3n) is 5.27. The maximum Gasteiger partial charge on any atom is 0.273 e. The number of benzene rings is 1. The molecule has 1 aliphatic heterocycles. The lowest BCUT2D eigenvalue weighted by atomic mass is 10.2. The molecule has 164 valence electrons. The maximum absolute atomic E-state index is 13.5. The lowest BCUT2D eigenvalue weighted by molar-refractivity contribution is 0.0932. The van der Waals surface area contributed by atoms with Gasteiger partial charge in [-0.05, 0) is 25.0 Å². The van der Waals surface area contributed by atoms with Gasteiger partial charge in [0.15, 0.2) is 5.69 Å². The average Bonchev–Trinajstić information content (AvgIpc) is 3.44. The number of amides is 1. The summed E-state index contributed by atoms with van der Waals surface area (Å²) in [5.74, 6) is -0.346. The summed E-state index contributed by atoms with van der Waals surface area (Å²) in [5.41, 5.74) is 0.646. The van der Waals surface area contributed by atoms with Gasteiger partial charge in [0, 0.05) is 37.8 Å². The molecule has 1 amide bonds. The van der Waals surface area contributed by atoms with Crippen LogP contribution in [0.4, 0.5) is 0 Å². The minimum Gasteiger partial charge on any atom is -0.383 e. The Morgan fingerprint density at radius 2 is 2.13 bits per heavy atom. The van der Waals surface area contributed by atoms with E-state index in [4.69, 9.17) is 4.74 Å². The van der Waals surface area contributed by atoms with Crippen LogP contribution in [-0.2, 0) is 21.3 Å². The van der Waals surface area contributed by atoms with Gasteiger partial charge in [0.25, 0.3) is 5.91 Å². The Labute approximate surface area is 180 Å². The molecule has 0 unspecified atom stereocenters. The Bertz CT molecular complexity index is 1170. The summed E-state index contributed by atoms with van der Waals surface area (Å²) in [6.45, 7) is 1.51. The zero-order valence-electron chi connectivity index (χ0n) is 17.1. The predicted octanol–water partition coefficient (Wildman–Crippen LogP) is 1.06. The zero-order chi connectivity index (χ0) is 21.8. The number of fused-ring (bicyclic) bond motifs is 1. The molecule has 11 heteroatoms. The standard InChI is InChI=1S/C20H24N6O4S/c1-30-12-10-22-20(27)17-14-25(24-23-17)13-16-7-4-11-26(16)31(28,29)18-8-2-5-15-6-3-9-21-19(15)18/h2-3,5-6,8-9,14,16H,4,7,10-13H2,1H3,(H,22,27)/t16-/m0/s1. The minimum atomic E-state index is -3.74. The number of carbonyl (C=O) groups excluding carboxylic acids is 1. The number of ether oxygens (including phenoxy) is 1. The fourth-order valence-corrected chi connectivity index (χ4v) is 5.64. The van der Waals surface area contributed by atoms with Gasteiger partial charge in [-0.2, -0.15) is 4.31 Å². The monoisotopic (exact) mass is 444 g/mol. The number of hydrogen-bond acceptors (Lipinski definition) is 7. The van der Waals surface area contributed by atoms with Gasteiger partial charge in [0.1, 0.15) is 4.90 Å². The highest BCUT2D eigenvalue weighted by Gasteiger charge is 2.36. The highest BCUT2D eigenvalue weighted by Crippen LogP contribution is 2.30. The second-order valence-corrected chi connectivity index (χ2v) is 9.18. The number of carbonyl (C=O) groups is 1. The van der Waals surface area contributed by atoms with Crippen molar-refractivity contribution >= 4 is 26.8 Å². The molecule has 0 spiro atoms. The van der Waals surface area contributed by atoms with Crippen molar-refractivity contribution in [1.82, 2.24) is 29.6 Å². The van der Waals surface area contributed by atoms with Crippen molar-refractivity contribution in [3.05, 3.63) is 48.4 Å². The number of rotatable bonds is 8. The lowest BCUT2D eigenvalue weighted by Gasteiger charge is -2.24. The summed E-state index contributed by atoms with van der Waals surface area (Å²) in [7, 11) is -2.19. The number of sulfonamides is 1. The summed E-state index contributed by atoms with van der Waals surface area (Å²) in [4.78, 5) is 16.6. The van der Waals surface area contributed by atoms with Crippen LogP contribution >= 0.6 is 0 Å². The second kappa shape index (κ2) is 9.08. The molecule has 0 aliphatic carbocycles. The van der Waals surface area contributed by atoms with Crippen LogP contribution in [0.2, 0.25) is 0 Å². The van der Waals surface area contributed by atoms with Crippen molar-refractivity contribution in [3.63, 3.8) is 0 Å². The smallest absolute Gasteiger partial charge is 0.273 e. The molecule has 31 heavy (non-hydrogen) atoms. The summed E-state index contributed by atoms with van der Waals surface area (Å²) in [6, 6.07) is 8.52. The van der Waals surface area contributed by atoms with Crippen LogP contribution in [0.25, 0.3) is 10.9 Å². The molecule has 3 aromatic rings. The first kappa shape index (κ1) is 21.3. The molecule has 4 rings (SSSR count). The number of para-hydroxylation sites is 1. The van der Waals surface area contributed by atoms with Crippen LogP contribution in [0.3, 0.4) is 0 Å².